The van der Waals surface area contributed by atoms with Crippen molar-refractivity contribution in [2.45, 2.75) is 96.9 Å². The van der Waals surface area contributed by atoms with Crippen molar-refractivity contribution < 1.29 is 23.8 Å². The summed E-state index contributed by atoms with van der Waals surface area (Å²) in [5.74, 6) is 0.198. The molecule has 0 unspecified atom stereocenters. The Hall–Kier alpha value is -1.10. The summed E-state index contributed by atoms with van der Waals surface area (Å²) in [6.45, 7) is 11.2. The molecule has 5 heteroatoms. The molecule has 0 radical (unpaired) electrons. The summed E-state index contributed by atoms with van der Waals surface area (Å²) >= 11 is 0. The van der Waals surface area contributed by atoms with Crippen molar-refractivity contribution >= 4 is 11.9 Å². The van der Waals surface area contributed by atoms with E-state index in [4.69, 9.17) is 14.2 Å². The van der Waals surface area contributed by atoms with Gasteiger partial charge in [0.15, 0.2) is 0 Å². The van der Waals surface area contributed by atoms with Gasteiger partial charge in [0.1, 0.15) is 18.3 Å². The first-order valence-corrected chi connectivity index (χ1v) is 10.6. The molecule has 0 aromatic rings. The Morgan fingerprint density at radius 3 is 2.52 bits per heavy atom. The van der Waals surface area contributed by atoms with Gasteiger partial charge in [-0.05, 0) is 43.4 Å². The number of carbonyl (C=O) groups is 2. The minimum absolute atomic E-state index is 0.0648. The van der Waals surface area contributed by atoms with Crippen LogP contribution in [0.3, 0.4) is 0 Å². The molecule has 5 nitrogen and oxygen atoms in total. The number of hydrogen-bond donors (Lipinski definition) is 0. The fraction of sp³-hybridized carbons (Fsp3) is 0.909. The lowest BCUT2D eigenvalue weighted by Gasteiger charge is -2.65. The van der Waals surface area contributed by atoms with Crippen LogP contribution in [-0.2, 0) is 23.8 Å². The van der Waals surface area contributed by atoms with E-state index >= 15 is 0 Å². The van der Waals surface area contributed by atoms with Crippen LogP contribution < -0.4 is 0 Å². The zero-order valence-electron chi connectivity index (χ0n) is 17.4. The molecule has 2 heterocycles. The summed E-state index contributed by atoms with van der Waals surface area (Å²) in [4.78, 5) is 23.7. The number of cyclic esters (lactones) is 1. The van der Waals surface area contributed by atoms with Crippen LogP contribution in [0.2, 0.25) is 0 Å². The maximum atomic E-state index is 11.9. The van der Waals surface area contributed by atoms with E-state index in [-0.39, 0.29) is 46.3 Å². The zero-order chi connectivity index (χ0) is 19.7. The fourth-order valence-electron chi connectivity index (χ4n) is 7.49. The van der Waals surface area contributed by atoms with E-state index in [1.165, 1.54) is 6.92 Å². The molecule has 0 amide bonds. The third-order valence-electron chi connectivity index (χ3n) is 8.40. The molecule has 4 fully saturated rings. The average Bonchev–Trinajstić information content (AvgIpc) is 3.09. The highest BCUT2D eigenvalue weighted by Crippen LogP contribution is 2.68. The van der Waals surface area contributed by atoms with Crippen LogP contribution in [0.5, 0.6) is 0 Å². The second-order valence-corrected chi connectivity index (χ2v) is 10.5. The van der Waals surface area contributed by atoms with Gasteiger partial charge in [-0.1, -0.05) is 34.1 Å². The topological polar surface area (TPSA) is 61.8 Å². The third-order valence-corrected chi connectivity index (χ3v) is 8.40. The number of carbonyl (C=O) groups excluding carboxylic acids is 2. The van der Waals surface area contributed by atoms with Gasteiger partial charge in [-0.25, -0.2) is 0 Å². The van der Waals surface area contributed by atoms with Gasteiger partial charge in [-0.3, -0.25) is 9.59 Å². The van der Waals surface area contributed by atoms with E-state index in [1.54, 1.807) is 0 Å². The molecule has 2 aliphatic heterocycles. The van der Waals surface area contributed by atoms with Crippen LogP contribution in [0.1, 0.15) is 79.6 Å². The van der Waals surface area contributed by atoms with Gasteiger partial charge in [-0.15, -0.1) is 0 Å². The number of esters is 2. The highest BCUT2D eigenvalue weighted by atomic mass is 16.6. The highest BCUT2D eigenvalue weighted by molar-refractivity contribution is 5.73. The van der Waals surface area contributed by atoms with Crippen LogP contribution in [0.15, 0.2) is 0 Å². The monoisotopic (exact) mass is 378 g/mol. The third kappa shape index (κ3) is 2.67. The molecule has 2 aliphatic carbocycles. The van der Waals surface area contributed by atoms with Gasteiger partial charge in [0.2, 0.25) is 0 Å². The van der Waals surface area contributed by atoms with Crippen LogP contribution in [0.25, 0.3) is 0 Å². The maximum Gasteiger partial charge on any atom is 0.308 e. The number of hydrogen-bond acceptors (Lipinski definition) is 5. The predicted molar refractivity (Wildman–Crippen MR) is 99.9 cm³/mol. The number of rotatable bonds is 1. The Kier molecular flexibility index (Phi) is 4.24. The molecule has 0 N–H and O–H groups in total. The van der Waals surface area contributed by atoms with E-state index in [9.17, 15) is 9.59 Å². The molecule has 0 bridgehead atoms. The minimum Gasteiger partial charge on any atom is -0.463 e. The molecule has 4 rings (SSSR count). The number of fused-ring (bicyclic) bond motifs is 2. The lowest BCUT2D eigenvalue weighted by Crippen LogP contribution is -2.67. The Morgan fingerprint density at radius 1 is 1.15 bits per heavy atom. The van der Waals surface area contributed by atoms with E-state index in [0.29, 0.717) is 13.0 Å². The molecule has 2 saturated carbocycles. The lowest BCUT2D eigenvalue weighted by molar-refractivity contribution is -0.272. The molecule has 6 atom stereocenters. The second-order valence-electron chi connectivity index (χ2n) is 10.5. The lowest BCUT2D eigenvalue weighted by atomic mass is 9.43. The molecule has 2 saturated heterocycles. The van der Waals surface area contributed by atoms with Crippen molar-refractivity contribution in [1.82, 2.24) is 0 Å². The molecular weight excluding hydrogens is 344 g/mol. The van der Waals surface area contributed by atoms with Crippen molar-refractivity contribution in [2.24, 2.45) is 22.7 Å². The molecule has 152 valence electrons. The van der Waals surface area contributed by atoms with Crippen molar-refractivity contribution in [2.75, 3.05) is 6.61 Å². The smallest absolute Gasteiger partial charge is 0.308 e. The SMILES string of the molecule is CC(=O)O[C@@H]1C[C@@H](C)[C@]2(CC[C@]3(COC(=O)C3)O2)[C@@]2(C)CCCC(C)(C)[C@H]12. The molecule has 27 heavy (non-hydrogen) atoms. The van der Waals surface area contributed by atoms with Crippen molar-refractivity contribution in [3.05, 3.63) is 0 Å². The van der Waals surface area contributed by atoms with Gasteiger partial charge in [-0.2, -0.15) is 0 Å². The normalized spacial score (nSPS) is 48.5. The summed E-state index contributed by atoms with van der Waals surface area (Å²) < 4.78 is 18.2. The van der Waals surface area contributed by atoms with E-state index in [1.807, 2.05) is 0 Å². The summed E-state index contributed by atoms with van der Waals surface area (Å²) in [5, 5.41) is 0. The fourth-order valence-corrected chi connectivity index (χ4v) is 7.49. The van der Waals surface area contributed by atoms with Gasteiger partial charge in [0, 0.05) is 18.3 Å². The van der Waals surface area contributed by atoms with Gasteiger partial charge in [0.25, 0.3) is 0 Å². The molecule has 2 spiro atoms. The van der Waals surface area contributed by atoms with Crippen molar-refractivity contribution in [1.29, 1.82) is 0 Å². The van der Waals surface area contributed by atoms with Gasteiger partial charge < -0.3 is 14.2 Å². The number of ether oxygens (including phenoxy) is 3. The summed E-state index contributed by atoms with van der Waals surface area (Å²) in [7, 11) is 0. The van der Waals surface area contributed by atoms with Crippen LogP contribution in [-0.4, -0.2) is 35.9 Å². The average molecular weight is 379 g/mol. The summed E-state index contributed by atoms with van der Waals surface area (Å²) in [6, 6.07) is 0. The summed E-state index contributed by atoms with van der Waals surface area (Å²) in [5.41, 5.74) is -0.724. The van der Waals surface area contributed by atoms with Crippen molar-refractivity contribution in [3.63, 3.8) is 0 Å². The second kappa shape index (κ2) is 5.95. The first kappa shape index (κ1) is 19.2. The Labute approximate surface area is 162 Å². The Bertz CT molecular complexity index is 657. The van der Waals surface area contributed by atoms with E-state index in [2.05, 4.69) is 27.7 Å². The Morgan fingerprint density at radius 2 is 1.89 bits per heavy atom. The predicted octanol–water partition coefficient (Wildman–Crippen LogP) is 4.03. The molecule has 0 aromatic carbocycles. The highest BCUT2D eigenvalue weighted by Gasteiger charge is 2.70. The first-order chi connectivity index (χ1) is 12.5. The van der Waals surface area contributed by atoms with Crippen LogP contribution in [0.4, 0.5) is 0 Å². The van der Waals surface area contributed by atoms with E-state index < -0.39 is 5.60 Å². The zero-order valence-corrected chi connectivity index (χ0v) is 17.4. The maximum absolute atomic E-state index is 11.9. The first-order valence-electron chi connectivity index (χ1n) is 10.6. The standard InChI is InChI=1S/C22H34O5/c1-14-11-16(26-15(2)23)18-19(3,4)7-6-8-20(18,5)22(14)10-9-21(27-22)12-17(24)25-13-21/h14,16,18H,6-13H2,1-5H3/t14-,16-,18+,20+,21+,22-/m1/s1. The van der Waals surface area contributed by atoms with Crippen molar-refractivity contribution in [3.8, 4) is 0 Å². The van der Waals surface area contributed by atoms with Crippen LogP contribution in [0, 0.1) is 22.7 Å². The Balaban J connectivity index is 1.75. The molecule has 0 aromatic heterocycles. The van der Waals surface area contributed by atoms with Gasteiger partial charge in [0.05, 0.1) is 12.0 Å². The summed E-state index contributed by atoms with van der Waals surface area (Å²) in [6.07, 6.45) is 6.35. The minimum atomic E-state index is -0.450. The largest absolute Gasteiger partial charge is 0.463 e. The van der Waals surface area contributed by atoms with E-state index in [0.717, 1.165) is 38.5 Å². The molecular formula is C22H34O5. The van der Waals surface area contributed by atoms with Crippen LogP contribution >= 0.6 is 0 Å². The van der Waals surface area contributed by atoms with Gasteiger partial charge >= 0.3 is 11.9 Å². The quantitative estimate of drug-likeness (QED) is 0.645. The molecule has 4 aliphatic rings.